The highest BCUT2D eigenvalue weighted by Gasteiger charge is 2.20. The van der Waals surface area contributed by atoms with Gasteiger partial charge in [-0.3, -0.25) is 0 Å². The van der Waals surface area contributed by atoms with E-state index in [9.17, 15) is 10.1 Å². The summed E-state index contributed by atoms with van der Waals surface area (Å²) in [7, 11) is 3.96. The summed E-state index contributed by atoms with van der Waals surface area (Å²) < 4.78 is 0. The molecule has 1 N–H and O–H groups in total. The normalized spacial score (nSPS) is 12.8. The van der Waals surface area contributed by atoms with Gasteiger partial charge < -0.3 is 20.3 Å². The van der Waals surface area contributed by atoms with Gasteiger partial charge in [-0.25, -0.2) is 0 Å². The molecule has 6 heteroatoms. The third kappa shape index (κ3) is 3.96. The molecule has 1 heterocycles. The first-order chi connectivity index (χ1) is 8.41. The van der Waals surface area contributed by atoms with Crippen molar-refractivity contribution < 1.29 is 4.92 Å². The predicted octanol–water partition coefficient (Wildman–Crippen LogP) is 1.99. The van der Waals surface area contributed by atoms with Crippen molar-refractivity contribution in [1.29, 1.82) is 0 Å². The van der Waals surface area contributed by atoms with Gasteiger partial charge in [-0.1, -0.05) is 13.8 Å². The van der Waals surface area contributed by atoms with Gasteiger partial charge in [-0.05, 0) is 42.1 Å². The Hall–Kier alpha value is -1.69. The summed E-state index contributed by atoms with van der Waals surface area (Å²) in [6.07, 6.45) is 1.43. The standard InChI is InChI=1S/C12H20N4O2/c1-9(2)11(8-15(3)4)14-10-6-5-7-13-12(10)16(17)18/h5-7,9,11,14H,8H2,1-4H3. The molecule has 6 nitrogen and oxygen atoms in total. The molecule has 18 heavy (non-hydrogen) atoms. The maximum Gasteiger partial charge on any atom is 0.386 e. The first-order valence-electron chi connectivity index (χ1n) is 5.92. The number of rotatable bonds is 6. The summed E-state index contributed by atoms with van der Waals surface area (Å²) in [6, 6.07) is 3.53. The van der Waals surface area contributed by atoms with Crippen LogP contribution >= 0.6 is 0 Å². The van der Waals surface area contributed by atoms with Crippen LogP contribution in [0.3, 0.4) is 0 Å². The highest BCUT2D eigenvalue weighted by Crippen LogP contribution is 2.22. The lowest BCUT2D eigenvalue weighted by Gasteiger charge is -2.26. The molecule has 0 aliphatic rings. The highest BCUT2D eigenvalue weighted by molar-refractivity contribution is 5.57. The maximum absolute atomic E-state index is 10.9. The molecule has 100 valence electrons. The average molecular weight is 252 g/mol. The van der Waals surface area contributed by atoms with Crippen LogP contribution in [0.1, 0.15) is 13.8 Å². The largest absolute Gasteiger partial charge is 0.386 e. The third-order valence-electron chi connectivity index (χ3n) is 2.67. The molecule has 1 aromatic heterocycles. The van der Waals surface area contributed by atoms with Crippen LogP contribution in [-0.4, -0.2) is 41.5 Å². The fraction of sp³-hybridized carbons (Fsp3) is 0.583. The number of hydrogen-bond donors (Lipinski definition) is 1. The topological polar surface area (TPSA) is 71.3 Å². The minimum Gasteiger partial charge on any atom is -0.374 e. The highest BCUT2D eigenvalue weighted by atomic mass is 16.6. The third-order valence-corrected chi connectivity index (χ3v) is 2.67. The van der Waals surface area contributed by atoms with Crippen molar-refractivity contribution >= 4 is 11.5 Å². The van der Waals surface area contributed by atoms with E-state index >= 15 is 0 Å². The van der Waals surface area contributed by atoms with Crippen molar-refractivity contribution in [2.24, 2.45) is 5.92 Å². The summed E-state index contributed by atoms with van der Waals surface area (Å²) in [6.45, 7) is 4.98. The average Bonchev–Trinajstić information content (AvgIpc) is 2.27. The van der Waals surface area contributed by atoms with E-state index in [1.807, 2.05) is 14.1 Å². The van der Waals surface area contributed by atoms with Crippen molar-refractivity contribution in [3.63, 3.8) is 0 Å². The van der Waals surface area contributed by atoms with E-state index in [1.54, 1.807) is 12.1 Å². The van der Waals surface area contributed by atoms with Crippen LogP contribution in [0.25, 0.3) is 0 Å². The second-order valence-electron chi connectivity index (χ2n) is 4.89. The van der Waals surface area contributed by atoms with Gasteiger partial charge in [0.25, 0.3) is 0 Å². The molecule has 0 amide bonds. The second-order valence-corrected chi connectivity index (χ2v) is 4.89. The Morgan fingerprint density at radius 2 is 2.17 bits per heavy atom. The van der Waals surface area contributed by atoms with Crippen molar-refractivity contribution in [2.75, 3.05) is 26.0 Å². The number of nitrogens with one attached hydrogen (secondary N) is 1. The fourth-order valence-electron chi connectivity index (χ4n) is 1.67. The molecule has 1 atom stereocenters. The van der Waals surface area contributed by atoms with Crippen LogP contribution in [0.15, 0.2) is 18.3 Å². The van der Waals surface area contributed by atoms with Crippen LogP contribution in [0.2, 0.25) is 0 Å². The number of aromatic nitrogens is 1. The number of hydrogen-bond acceptors (Lipinski definition) is 5. The lowest BCUT2D eigenvalue weighted by Crippen LogP contribution is -2.36. The summed E-state index contributed by atoms with van der Waals surface area (Å²) in [5.74, 6) is 0.245. The molecule has 1 rings (SSSR count). The molecule has 1 unspecified atom stereocenters. The summed E-state index contributed by atoms with van der Waals surface area (Å²) in [5.41, 5.74) is 0.475. The van der Waals surface area contributed by atoms with Gasteiger partial charge in [-0.2, -0.15) is 0 Å². The van der Waals surface area contributed by atoms with Gasteiger partial charge in [0.1, 0.15) is 11.9 Å². The van der Waals surface area contributed by atoms with E-state index in [4.69, 9.17) is 0 Å². The van der Waals surface area contributed by atoms with Crippen molar-refractivity contribution in [2.45, 2.75) is 19.9 Å². The zero-order chi connectivity index (χ0) is 13.7. The smallest absolute Gasteiger partial charge is 0.374 e. The monoisotopic (exact) mass is 252 g/mol. The van der Waals surface area contributed by atoms with Crippen molar-refractivity contribution in [3.8, 4) is 0 Å². The minimum atomic E-state index is -0.463. The molecule has 0 saturated heterocycles. The number of likely N-dealkylation sites (N-methyl/N-ethyl adjacent to an activating group) is 1. The van der Waals surface area contributed by atoms with E-state index in [0.29, 0.717) is 11.6 Å². The fourth-order valence-corrected chi connectivity index (χ4v) is 1.67. The van der Waals surface area contributed by atoms with Crippen molar-refractivity contribution in [3.05, 3.63) is 28.4 Å². The van der Waals surface area contributed by atoms with Gasteiger partial charge in [0.05, 0.1) is 0 Å². The zero-order valence-electron chi connectivity index (χ0n) is 11.3. The summed E-state index contributed by atoms with van der Waals surface area (Å²) in [4.78, 5) is 16.3. The van der Waals surface area contributed by atoms with Crippen LogP contribution in [-0.2, 0) is 0 Å². The second kappa shape index (κ2) is 6.30. The quantitative estimate of drug-likeness (QED) is 0.619. The molecule has 0 spiro atoms. The zero-order valence-corrected chi connectivity index (χ0v) is 11.3. The molecule has 0 aromatic carbocycles. The van der Waals surface area contributed by atoms with Crippen LogP contribution in [0.5, 0.6) is 0 Å². The Kier molecular flexibility index (Phi) is 5.03. The van der Waals surface area contributed by atoms with Crippen LogP contribution in [0.4, 0.5) is 11.5 Å². The van der Waals surface area contributed by atoms with E-state index < -0.39 is 4.92 Å². The first-order valence-corrected chi connectivity index (χ1v) is 5.92. The van der Waals surface area contributed by atoms with E-state index in [0.717, 1.165) is 6.54 Å². The lowest BCUT2D eigenvalue weighted by molar-refractivity contribution is -0.388. The van der Waals surface area contributed by atoms with Crippen molar-refractivity contribution in [1.82, 2.24) is 9.88 Å². The molecule has 1 aromatic rings. The predicted molar refractivity (Wildman–Crippen MR) is 71.7 cm³/mol. The van der Waals surface area contributed by atoms with Gasteiger partial charge in [0.15, 0.2) is 0 Å². The molecule has 0 radical (unpaired) electrons. The van der Waals surface area contributed by atoms with Crippen LogP contribution in [0, 0.1) is 16.0 Å². The van der Waals surface area contributed by atoms with E-state index in [1.165, 1.54) is 6.20 Å². The van der Waals surface area contributed by atoms with Gasteiger partial charge in [0.2, 0.25) is 0 Å². The molecule has 0 saturated carbocycles. The molecule has 0 bridgehead atoms. The maximum atomic E-state index is 10.9. The molecule has 0 fully saturated rings. The number of pyridine rings is 1. The van der Waals surface area contributed by atoms with E-state index in [2.05, 4.69) is 29.0 Å². The van der Waals surface area contributed by atoms with Gasteiger partial charge in [0, 0.05) is 12.6 Å². The lowest BCUT2D eigenvalue weighted by atomic mass is 10.0. The molecule has 0 aliphatic heterocycles. The molecule has 0 aliphatic carbocycles. The number of nitro groups is 1. The Labute approximate surface area is 107 Å². The molecular formula is C12H20N4O2. The minimum absolute atomic E-state index is 0.123. The SMILES string of the molecule is CC(C)C(CN(C)C)Nc1cccnc1[N+](=O)[O-]. The Morgan fingerprint density at radius 3 is 2.67 bits per heavy atom. The summed E-state index contributed by atoms with van der Waals surface area (Å²) >= 11 is 0. The van der Waals surface area contributed by atoms with E-state index in [-0.39, 0.29) is 11.9 Å². The Bertz CT molecular complexity index is 407. The van der Waals surface area contributed by atoms with Gasteiger partial charge in [-0.15, -0.1) is 0 Å². The Morgan fingerprint density at radius 1 is 1.50 bits per heavy atom. The van der Waals surface area contributed by atoms with Gasteiger partial charge >= 0.3 is 5.82 Å². The van der Waals surface area contributed by atoms with Crippen LogP contribution < -0.4 is 5.32 Å². The number of anilines is 1. The number of nitrogens with zero attached hydrogens (tertiary/aromatic N) is 3. The molecular weight excluding hydrogens is 232 g/mol. The Balaban J connectivity index is 2.90. The first kappa shape index (κ1) is 14.4. The summed E-state index contributed by atoms with van der Waals surface area (Å²) in [5, 5.41) is 14.1.